The van der Waals surface area contributed by atoms with Gasteiger partial charge < -0.3 is 14.5 Å². The van der Waals surface area contributed by atoms with Crippen LogP contribution in [0.15, 0.2) is 19.6 Å². The smallest absolute Gasteiger partial charge is 0.183 e. The molecule has 0 aromatic carbocycles. The first-order valence-electron chi connectivity index (χ1n) is 3.87. The Morgan fingerprint density at radius 3 is 2.85 bits per heavy atom. The summed E-state index contributed by atoms with van der Waals surface area (Å²) in [6, 6.07) is 1.93. The third-order valence-corrected chi connectivity index (χ3v) is 3.19. The Labute approximate surface area is 94.1 Å². The van der Waals surface area contributed by atoms with Gasteiger partial charge in [0.05, 0.1) is 17.6 Å². The quantitative estimate of drug-likeness (QED) is 0.849. The maximum absolute atomic E-state index is 5.36. The van der Waals surface area contributed by atoms with Crippen LogP contribution in [0, 0.1) is 0 Å². The Balaban J connectivity index is 2.29. The van der Waals surface area contributed by atoms with Crippen molar-refractivity contribution in [1.82, 2.24) is 5.32 Å². The first-order valence-corrected chi connectivity index (χ1v) is 5.46. The second-order valence-electron chi connectivity index (χ2n) is 2.50. The van der Waals surface area contributed by atoms with Crippen LogP contribution in [0.25, 0.3) is 0 Å². The minimum atomic E-state index is 0.711. The third kappa shape index (κ3) is 3.81. The van der Waals surface area contributed by atoms with E-state index in [1.54, 1.807) is 7.11 Å². The molecule has 0 saturated carbocycles. The van der Waals surface area contributed by atoms with E-state index >= 15 is 0 Å². The number of methoxy groups -OCH3 is 1. The molecule has 3 nitrogen and oxygen atoms in total. The van der Waals surface area contributed by atoms with Crippen molar-refractivity contribution < 1.29 is 9.15 Å². The maximum Gasteiger partial charge on any atom is 0.183 e. The number of halogens is 2. The van der Waals surface area contributed by atoms with E-state index < -0.39 is 0 Å². The van der Waals surface area contributed by atoms with Gasteiger partial charge in [-0.15, -0.1) is 0 Å². The van der Waals surface area contributed by atoms with E-state index in [0.717, 1.165) is 21.4 Å². The Morgan fingerprint density at radius 1 is 1.54 bits per heavy atom. The van der Waals surface area contributed by atoms with Crippen LogP contribution in [-0.4, -0.2) is 20.3 Å². The van der Waals surface area contributed by atoms with Gasteiger partial charge in [0.25, 0.3) is 0 Å². The van der Waals surface area contributed by atoms with E-state index in [2.05, 4.69) is 37.2 Å². The highest BCUT2D eigenvalue weighted by molar-refractivity contribution is 9.13. The van der Waals surface area contributed by atoms with Crippen molar-refractivity contribution in [3.05, 3.63) is 21.0 Å². The van der Waals surface area contributed by atoms with Crippen LogP contribution in [0.4, 0.5) is 0 Å². The highest BCUT2D eigenvalue weighted by atomic mass is 79.9. The Bertz CT molecular complexity index is 243. The maximum atomic E-state index is 5.36. The highest BCUT2D eigenvalue weighted by Crippen LogP contribution is 2.26. The zero-order valence-electron chi connectivity index (χ0n) is 7.27. The molecule has 1 aromatic heterocycles. The average molecular weight is 313 g/mol. The second-order valence-corrected chi connectivity index (χ2v) is 4.08. The van der Waals surface area contributed by atoms with Gasteiger partial charge in [-0.1, -0.05) is 0 Å². The number of nitrogens with one attached hydrogen (secondary N) is 1. The molecule has 0 fully saturated rings. The lowest BCUT2D eigenvalue weighted by Crippen LogP contribution is -2.18. The number of furan rings is 1. The van der Waals surface area contributed by atoms with E-state index in [0.29, 0.717) is 13.2 Å². The first-order chi connectivity index (χ1) is 6.24. The summed E-state index contributed by atoms with van der Waals surface area (Å²) < 4.78 is 11.9. The van der Waals surface area contributed by atoms with Gasteiger partial charge in [-0.3, -0.25) is 0 Å². The molecule has 0 bridgehead atoms. The van der Waals surface area contributed by atoms with Crippen molar-refractivity contribution in [2.75, 3.05) is 20.3 Å². The molecule has 13 heavy (non-hydrogen) atoms. The molecule has 74 valence electrons. The molecular weight excluding hydrogens is 302 g/mol. The van der Waals surface area contributed by atoms with Gasteiger partial charge in [-0.05, 0) is 37.9 Å². The molecule has 0 spiro atoms. The zero-order valence-corrected chi connectivity index (χ0v) is 10.4. The Hall–Kier alpha value is 0.160. The fourth-order valence-corrected chi connectivity index (χ4v) is 1.52. The van der Waals surface area contributed by atoms with Crippen LogP contribution >= 0.6 is 31.9 Å². The minimum absolute atomic E-state index is 0.711. The van der Waals surface area contributed by atoms with E-state index in [-0.39, 0.29) is 0 Å². The molecule has 0 atom stereocenters. The summed E-state index contributed by atoms with van der Waals surface area (Å²) in [6.45, 7) is 2.25. The number of hydrogen-bond acceptors (Lipinski definition) is 3. The summed E-state index contributed by atoms with van der Waals surface area (Å²) in [4.78, 5) is 0. The van der Waals surface area contributed by atoms with Crippen LogP contribution in [0.2, 0.25) is 0 Å². The molecule has 0 aliphatic heterocycles. The van der Waals surface area contributed by atoms with Crippen molar-refractivity contribution >= 4 is 31.9 Å². The van der Waals surface area contributed by atoms with Gasteiger partial charge in [0.1, 0.15) is 5.76 Å². The lowest BCUT2D eigenvalue weighted by atomic mass is 10.4. The molecule has 1 aromatic rings. The van der Waals surface area contributed by atoms with Crippen molar-refractivity contribution in [2.45, 2.75) is 6.54 Å². The molecule has 1 heterocycles. The van der Waals surface area contributed by atoms with E-state index in [4.69, 9.17) is 9.15 Å². The topological polar surface area (TPSA) is 34.4 Å². The number of rotatable bonds is 5. The predicted octanol–water partition coefficient (Wildman–Crippen LogP) is 2.54. The van der Waals surface area contributed by atoms with Gasteiger partial charge in [-0.25, -0.2) is 0 Å². The minimum Gasteiger partial charge on any atom is -0.452 e. The summed E-state index contributed by atoms with van der Waals surface area (Å²) in [6.07, 6.45) is 0. The molecule has 0 amide bonds. The standard InChI is InChI=1S/C8H11Br2NO2/c1-12-3-2-11-5-6-4-7(9)8(10)13-6/h4,11H,2-3,5H2,1H3. The van der Waals surface area contributed by atoms with Crippen molar-refractivity contribution in [3.8, 4) is 0 Å². The Morgan fingerprint density at radius 2 is 2.31 bits per heavy atom. The highest BCUT2D eigenvalue weighted by Gasteiger charge is 2.04. The van der Waals surface area contributed by atoms with Crippen LogP contribution < -0.4 is 5.32 Å². The molecule has 1 N–H and O–H groups in total. The van der Waals surface area contributed by atoms with E-state index in [1.807, 2.05) is 6.07 Å². The van der Waals surface area contributed by atoms with E-state index in [9.17, 15) is 0 Å². The lowest BCUT2D eigenvalue weighted by molar-refractivity contribution is 0.198. The Kier molecular flexibility index (Phi) is 5.01. The summed E-state index contributed by atoms with van der Waals surface area (Å²) in [5.41, 5.74) is 0. The molecule has 1 rings (SSSR count). The molecule has 0 unspecified atom stereocenters. The zero-order chi connectivity index (χ0) is 9.68. The van der Waals surface area contributed by atoms with Gasteiger partial charge in [0.2, 0.25) is 0 Å². The first kappa shape index (κ1) is 11.2. The molecule has 0 aliphatic carbocycles. The SMILES string of the molecule is COCCNCc1cc(Br)c(Br)o1. The van der Waals surface area contributed by atoms with Gasteiger partial charge >= 0.3 is 0 Å². The van der Waals surface area contributed by atoms with Crippen molar-refractivity contribution in [2.24, 2.45) is 0 Å². The van der Waals surface area contributed by atoms with Crippen molar-refractivity contribution in [3.63, 3.8) is 0 Å². The number of hydrogen-bond donors (Lipinski definition) is 1. The fourth-order valence-electron chi connectivity index (χ4n) is 0.864. The van der Waals surface area contributed by atoms with Crippen molar-refractivity contribution in [1.29, 1.82) is 0 Å². The molecule has 5 heteroatoms. The van der Waals surface area contributed by atoms with Gasteiger partial charge in [-0.2, -0.15) is 0 Å². The average Bonchev–Trinajstić information content (AvgIpc) is 2.41. The van der Waals surface area contributed by atoms with Gasteiger partial charge in [0.15, 0.2) is 4.67 Å². The van der Waals surface area contributed by atoms with Crippen LogP contribution in [0.5, 0.6) is 0 Å². The van der Waals surface area contributed by atoms with E-state index in [1.165, 1.54) is 0 Å². The molecule has 0 aliphatic rings. The second kappa shape index (κ2) is 5.80. The molecular formula is C8H11Br2NO2. The summed E-state index contributed by atoms with van der Waals surface area (Å²) in [5.74, 6) is 0.898. The lowest BCUT2D eigenvalue weighted by Gasteiger charge is -2.00. The molecule has 0 saturated heterocycles. The monoisotopic (exact) mass is 311 g/mol. The molecule has 0 radical (unpaired) electrons. The summed E-state index contributed by atoms with van der Waals surface area (Å²) >= 11 is 6.62. The van der Waals surface area contributed by atoms with Crippen LogP contribution in [-0.2, 0) is 11.3 Å². The summed E-state index contributed by atoms with van der Waals surface area (Å²) in [5, 5.41) is 3.18. The fraction of sp³-hybridized carbons (Fsp3) is 0.500. The van der Waals surface area contributed by atoms with Crippen LogP contribution in [0.3, 0.4) is 0 Å². The summed E-state index contributed by atoms with van der Waals surface area (Å²) in [7, 11) is 1.68. The largest absolute Gasteiger partial charge is 0.452 e. The van der Waals surface area contributed by atoms with Crippen LogP contribution in [0.1, 0.15) is 5.76 Å². The number of ether oxygens (including phenoxy) is 1. The predicted molar refractivity (Wildman–Crippen MR) is 57.7 cm³/mol. The normalized spacial score (nSPS) is 10.7. The van der Waals surface area contributed by atoms with Gasteiger partial charge in [0, 0.05) is 13.7 Å². The third-order valence-electron chi connectivity index (χ3n) is 1.48.